The van der Waals surface area contributed by atoms with Crippen LogP contribution in [-0.4, -0.2) is 31.8 Å². The van der Waals surface area contributed by atoms with E-state index in [2.05, 4.69) is 5.32 Å². The standard InChI is InChI=1S/C18H17ClFNO3/c19-14-5-1-3-12(9-14)17(13-4-2-6-15(20)10-13)21-18(22)16-11-23-7-8-24-16/h1-6,9-10,16-17H,7-8,11H2,(H,21,22)/t16-,17-/m1/s1. The van der Waals surface area contributed by atoms with Crippen LogP contribution in [0.4, 0.5) is 4.39 Å². The van der Waals surface area contributed by atoms with Gasteiger partial charge in [-0.25, -0.2) is 4.39 Å². The number of halogens is 2. The van der Waals surface area contributed by atoms with Gasteiger partial charge in [0.2, 0.25) is 0 Å². The molecule has 1 saturated heterocycles. The first-order valence-corrected chi connectivity index (χ1v) is 8.02. The van der Waals surface area contributed by atoms with Crippen LogP contribution in [0.2, 0.25) is 5.02 Å². The summed E-state index contributed by atoms with van der Waals surface area (Å²) >= 11 is 6.06. The fourth-order valence-corrected chi connectivity index (χ4v) is 2.80. The van der Waals surface area contributed by atoms with E-state index in [1.165, 1.54) is 12.1 Å². The normalized spacial score (nSPS) is 18.8. The third kappa shape index (κ3) is 4.12. The number of carbonyl (C=O) groups is 1. The number of amides is 1. The Labute approximate surface area is 144 Å². The van der Waals surface area contributed by atoms with Gasteiger partial charge in [-0.1, -0.05) is 35.9 Å². The van der Waals surface area contributed by atoms with Crippen LogP contribution in [0.5, 0.6) is 0 Å². The molecule has 1 fully saturated rings. The first kappa shape index (κ1) is 16.9. The molecule has 24 heavy (non-hydrogen) atoms. The van der Waals surface area contributed by atoms with Gasteiger partial charge in [0.05, 0.1) is 25.9 Å². The Morgan fingerprint density at radius 1 is 1.17 bits per heavy atom. The average molecular weight is 350 g/mol. The number of carbonyl (C=O) groups excluding carboxylic acids is 1. The molecule has 0 radical (unpaired) electrons. The van der Waals surface area contributed by atoms with Crippen LogP contribution in [0.15, 0.2) is 48.5 Å². The van der Waals surface area contributed by atoms with Gasteiger partial charge in [-0.2, -0.15) is 0 Å². The van der Waals surface area contributed by atoms with Crippen molar-refractivity contribution >= 4 is 17.5 Å². The van der Waals surface area contributed by atoms with Crippen LogP contribution < -0.4 is 5.32 Å². The number of hydrogen-bond donors (Lipinski definition) is 1. The van der Waals surface area contributed by atoms with Gasteiger partial charge in [-0.05, 0) is 35.4 Å². The zero-order chi connectivity index (χ0) is 16.9. The largest absolute Gasteiger partial charge is 0.376 e. The molecule has 0 aliphatic carbocycles. The van der Waals surface area contributed by atoms with Crippen molar-refractivity contribution in [3.63, 3.8) is 0 Å². The van der Waals surface area contributed by atoms with Crippen molar-refractivity contribution < 1.29 is 18.7 Å². The topological polar surface area (TPSA) is 47.6 Å². The van der Waals surface area contributed by atoms with Gasteiger partial charge in [0.15, 0.2) is 6.10 Å². The predicted octanol–water partition coefficient (Wildman–Crippen LogP) is 3.10. The van der Waals surface area contributed by atoms with E-state index >= 15 is 0 Å². The lowest BCUT2D eigenvalue weighted by Crippen LogP contribution is -2.44. The summed E-state index contributed by atoms with van der Waals surface area (Å²) in [5.74, 6) is -0.671. The van der Waals surface area contributed by atoms with Crippen LogP contribution in [0.1, 0.15) is 17.2 Å². The van der Waals surface area contributed by atoms with Gasteiger partial charge in [-0.15, -0.1) is 0 Å². The van der Waals surface area contributed by atoms with Crippen molar-refractivity contribution in [1.82, 2.24) is 5.32 Å². The molecule has 126 valence electrons. The van der Waals surface area contributed by atoms with E-state index < -0.39 is 12.1 Å². The molecule has 2 aromatic carbocycles. The minimum absolute atomic E-state index is 0.206. The summed E-state index contributed by atoms with van der Waals surface area (Å²) in [7, 11) is 0. The molecular formula is C18H17ClFNO3. The molecule has 1 heterocycles. The maximum Gasteiger partial charge on any atom is 0.252 e. The monoisotopic (exact) mass is 349 g/mol. The van der Waals surface area contributed by atoms with Crippen LogP contribution in [-0.2, 0) is 14.3 Å². The van der Waals surface area contributed by atoms with E-state index in [9.17, 15) is 9.18 Å². The van der Waals surface area contributed by atoms with Crippen LogP contribution in [0, 0.1) is 5.82 Å². The number of ether oxygens (including phenoxy) is 2. The Morgan fingerprint density at radius 2 is 1.92 bits per heavy atom. The highest BCUT2D eigenvalue weighted by Gasteiger charge is 2.26. The molecule has 1 aliphatic heterocycles. The second-order valence-corrected chi connectivity index (χ2v) is 5.92. The van der Waals surface area contributed by atoms with E-state index in [1.807, 2.05) is 6.07 Å². The Bertz CT molecular complexity index is 673. The highest BCUT2D eigenvalue weighted by molar-refractivity contribution is 6.30. The molecule has 0 bridgehead atoms. The SMILES string of the molecule is O=C(N[C@@H](c1cccc(F)c1)c1cccc(Cl)c1)[C@H]1COCCO1. The second-order valence-electron chi connectivity index (χ2n) is 5.49. The van der Waals surface area contributed by atoms with Gasteiger partial charge in [0, 0.05) is 5.02 Å². The second kappa shape index (κ2) is 7.75. The Balaban J connectivity index is 1.88. The number of hydrogen-bond acceptors (Lipinski definition) is 3. The quantitative estimate of drug-likeness (QED) is 0.922. The van der Waals surface area contributed by atoms with Gasteiger partial charge in [0.25, 0.3) is 5.91 Å². The maximum atomic E-state index is 13.6. The van der Waals surface area contributed by atoms with Gasteiger partial charge in [-0.3, -0.25) is 4.79 Å². The molecular weight excluding hydrogens is 333 g/mol. The zero-order valence-electron chi connectivity index (χ0n) is 12.9. The fourth-order valence-electron chi connectivity index (χ4n) is 2.61. The van der Waals surface area contributed by atoms with Crippen LogP contribution in [0.3, 0.4) is 0 Å². The van der Waals surface area contributed by atoms with E-state index in [0.717, 1.165) is 5.56 Å². The van der Waals surface area contributed by atoms with Crippen molar-refractivity contribution in [1.29, 1.82) is 0 Å². The van der Waals surface area contributed by atoms with Crippen LogP contribution in [0.25, 0.3) is 0 Å². The van der Waals surface area contributed by atoms with E-state index in [1.54, 1.807) is 30.3 Å². The lowest BCUT2D eigenvalue weighted by molar-refractivity contribution is -0.148. The minimum atomic E-state index is -0.672. The summed E-state index contributed by atoms with van der Waals surface area (Å²) in [5, 5.41) is 3.45. The number of nitrogens with one attached hydrogen (secondary N) is 1. The molecule has 4 nitrogen and oxygen atoms in total. The average Bonchev–Trinajstić information content (AvgIpc) is 2.60. The highest BCUT2D eigenvalue weighted by Crippen LogP contribution is 2.25. The fraction of sp³-hybridized carbons (Fsp3) is 0.278. The first-order valence-electron chi connectivity index (χ1n) is 7.64. The van der Waals surface area contributed by atoms with Gasteiger partial charge >= 0.3 is 0 Å². The molecule has 1 aliphatic rings. The van der Waals surface area contributed by atoms with Crippen molar-refractivity contribution in [2.45, 2.75) is 12.1 Å². The summed E-state index contributed by atoms with van der Waals surface area (Å²) < 4.78 is 24.3. The molecule has 2 aromatic rings. The van der Waals surface area contributed by atoms with Gasteiger partial charge in [0.1, 0.15) is 5.82 Å². The van der Waals surface area contributed by atoms with E-state index in [0.29, 0.717) is 23.8 Å². The van der Waals surface area contributed by atoms with Crippen molar-refractivity contribution in [3.05, 3.63) is 70.5 Å². The molecule has 0 spiro atoms. The third-order valence-corrected chi connectivity index (χ3v) is 3.99. The molecule has 2 atom stereocenters. The highest BCUT2D eigenvalue weighted by atomic mass is 35.5. The summed E-state index contributed by atoms with van der Waals surface area (Å²) in [4.78, 5) is 12.5. The molecule has 0 unspecified atom stereocenters. The molecule has 6 heteroatoms. The zero-order valence-corrected chi connectivity index (χ0v) is 13.6. The minimum Gasteiger partial charge on any atom is -0.376 e. The maximum absolute atomic E-state index is 13.6. The number of rotatable bonds is 4. The summed E-state index contributed by atoms with van der Waals surface area (Å²) in [6, 6.07) is 12.7. The molecule has 1 N–H and O–H groups in total. The summed E-state index contributed by atoms with van der Waals surface area (Å²) in [6.07, 6.45) is -0.672. The van der Waals surface area contributed by atoms with Crippen LogP contribution >= 0.6 is 11.6 Å². The molecule has 1 amide bonds. The Morgan fingerprint density at radius 3 is 2.58 bits per heavy atom. The third-order valence-electron chi connectivity index (χ3n) is 3.76. The summed E-state index contributed by atoms with van der Waals surface area (Å²) in [5.41, 5.74) is 1.39. The molecule has 3 rings (SSSR count). The van der Waals surface area contributed by atoms with E-state index in [-0.39, 0.29) is 18.3 Å². The summed E-state index contributed by atoms with van der Waals surface area (Å²) in [6.45, 7) is 1.06. The van der Waals surface area contributed by atoms with Crippen molar-refractivity contribution in [2.24, 2.45) is 0 Å². The predicted molar refractivity (Wildman–Crippen MR) is 88.4 cm³/mol. The van der Waals surface area contributed by atoms with Crippen molar-refractivity contribution in [2.75, 3.05) is 19.8 Å². The lowest BCUT2D eigenvalue weighted by atomic mass is 9.98. The number of benzene rings is 2. The van der Waals surface area contributed by atoms with Gasteiger partial charge < -0.3 is 14.8 Å². The Kier molecular flexibility index (Phi) is 5.45. The smallest absolute Gasteiger partial charge is 0.252 e. The lowest BCUT2D eigenvalue weighted by Gasteiger charge is -2.26. The van der Waals surface area contributed by atoms with Crippen molar-refractivity contribution in [3.8, 4) is 0 Å². The van der Waals surface area contributed by atoms with E-state index in [4.69, 9.17) is 21.1 Å². The Hall–Kier alpha value is -1.95. The first-order chi connectivity index (χ1) is 11.6. The molecule has 0 saturated carbocycles. The molecule has 0 aromatic heterocycles.